The second-order valence-corrected chi connectivity index (χ2v) is 4.33. The molecule has 0 amide bonds. The lowest BCUT2D eigenvalue weighted by Crippen LogP contribution is -2.20. The van der Waals surface area contributed by atoms with Crippen LogP contribution in [0.25, 0.3) is 0 Å². The lowest BCUT2D eigenvalue weighted by Gasteiger charge is -2.14. The molecule has 1 N–H and O–H groups in total. The van der Waals surface area contributed by atoms with E-state index in [1.54, 1.807) is 0 Å². The maximum Gasteiger partial charge on any atom is 0.160 e. The fourth-order valence-corrected chi connectivity index (χ4v) is 2.00. The van der Waals surface area contributed by atoms with Crippen LogP contribution in [0.5, 0.6) is 0 Å². The molecule has 0 bridgehead atoms. The van der Waals surface area contributed by atoms with Crippen LogP contribution in [0.4, 0.5) is 0 Å². The molecule has 1 atom stereocenters. The summed E-state index contributed by atoms with van der Waals surface area (Å²) < 4.78 is 10.6. The minimum Gasteiger partial charge on any atom is -0.393 e. The monoisotopic (exact) mass is 242 g/mol. The number of benzene rings is 1. The van der Waals surface area contributed by atoms with Crippen molar-refractivity contribution in [2.24, 2.45) is 0 Å². The van der Waals surface area contributed by atoms with Crippen LogP contribution >= 0.6 is 11.6 Å². The van der Waals surface area contributed by atoms with E-state index in [9.17, 15) is 5.11 Å². The van der Waals surface area contributed by atoms with Gasteiger partial charge >= 0.3 is 0 Å². The molecule has 2 rings (SSSR count). The molecule has 1 aliphatic heterocycles. The Balaban J connectivity index is 1.84. The number of hydrogen-bond acceptors (Lipinski definition) is 3. The van der Waals surface area contributed by atoms with Crippen molar-refractivity contribution < 1.29 is 14.6 Å². The first-order valence-corrected chi connectivity index (χ1v) is 5.77. The van der Waals surface area contributed by atoms with Gasteiger partial charge in [-0.3, -0.25) is 0 Å². The highest BCUT2D eigenvalue weighted by atomic mass is 35.5. The predicted octanol–water partition coefficient (Wildman–Crippen LogP) is 2.01. The molecule has 0 aromatic heterocycles. The molecule has 0 radical (unpaired) electrons. The Morgan fingerprint density at radius 2 is 2.12 bits per heavy atom. The van der Waals surface area contributed by atoms with Crippen LogP contribution in [0.1, 0.15) is 12.0 Å². The quantitative estimate of drug-likeness (QED) is 0.878. The van der Waals surface area contributed by atoms with E-state index in [0.717, 1.165) is 5.56 Å². The number of hydrogen-bond donors (Lipinski definition) is 1. The van der Waals surface area contributed by atoms with Crippen LogP contribution in [-0.4, -0.2) is 30.7 Å². The summed E-state index contributed by atoms with van der Waals surface area (Å²) in [6, 6.07) is 7.51. The van der Waals surface area contributed by atoms with Crippen LogP contribution in [0.3, 0.4) is 0 Å². The van der Waals surface area contributed by atoms with E-state index in [2.05, 4.69) is 0 Å². The Labute approximate surface area is 99.9 Å². The minimum atomic E-state index is -0.457. The Hall–Kier alpha value is -0.610. The van der Waals surface area contributed by atoms with Crippen molar-refractivity contribution in [1.29, 1.82) is 0 Å². The molecule has 16 heavy (non-hydrogen) atoms. The molecule has 4 heteroatoms. The number of ether oxygens (including phenoxy) is 2. The number of rotatable bonds is 4. The Morgan fingerprint density at radius 3 is 2.81 bits per heavy atom. The van der Waals surface area contributed by atoms with Crippen LogP contribution in [0.2, 0.25) is 5.02 Å². The highest BCUT2D eigenvalue weighted by molar-refractivity contribution is 6.30. The van der Waals surface area contributed by atoms with Gasteiger partial charge in [-0.25, -0.2) is 0 Å². The van der Waals surface area contributed by atoms with Crippen molar-refractivity contribution >= 4 is 11.6 Å². The normalized spacial score (nSPS) is 18.9. The summed E-state index contributed by atoms with van der Waals surface area (Å²) in [5.74, 6) is 0. The number of aliphatic hydroxyl groups excluding tert-OH is 1. The first-order valence-electron chi connectivity index (χ1n) is 5.40. The van der Waals surface area contributed by atoms with Gasteiger partial charge in [0.05, 0.1) is 19.3 Å². The molecular formula is C12H15ClO3. The van der Waals surface area contributed by atoms with Gasteiger partial charge in [-0.2, -0.15) is 0 Å². The second-order valence-electron chi connectivity index (χ2n) is 3.89. The van der Waals surface area contributed by atoms with Crippen molar-refractivity contribution in [3.05, 3.63) is 34.9 Å². The molecule has 1 fully saturated rings. The fraction of sp³-hybridized carbons (Fsp3) is 0.500. The molecule has 1 aromatic rings. The van der Waals surface area contributed by atoms with Crippen LogP contribution in [0, 0.1) is 0 Å². The van der Waals surface area contributed by atoms with Gasteiger partial charge in [0.25, 0.3) is 0 Å². The van der Waals surface area contributed by atoms with E-state index < -0.39 is 6.10 Å². The summed E-state index contributed by atoms with van der Waals surface area (Å²) in [5.41, 5.74) is 1.03. The van der Waals surface area contributed by atoms with E-state index in [1.807, 2.05) is 24.3 Å². The fourth-order valence-electron chi connectivity index (χ4n) is 1.78. The SMILES string of the molecule is OC(Cc1cccc(Cl)c1)CC1OCCO1. The zero-order valence-electron chi connectivity index (χ0n) is 8.93. The lowest BCUT2D eigenvalue weighted by atomic mass is 10.1. The van der Waals surface area contributed by atoms with Gasteiger partial charge in [-0.15, -0.1) is 0 Å². The van der Waals surface area contributed by atoms with Gasteiger partial charge in [-0.05, 0) is 24.1 Å². The van der Waals surface area contributed by atoms with Crippen LogP contribution in [0.15, 0.2) is 24.3 Å². The molecule has 0 spiro atoms. The third-order valence-electron chi connectivity index (χ3n) is 2.52. The van der Waals surface area contributed by atoms with Gasteiger partial charge in [0.1, 0.15) is 0 Å². The smallest absolute Gasteiger partial charge is 0.160 e. The average molecular weight is 243 g/mol. The van der Waals surface area contributed by atoms with Gasteiger partial charge in [0, 0.05) is 11.4 Å². The van der Waals surface area contributed by atoms with E-state index in [-0.39, 0.29) is 6.29 Å². The summed E-state index contributed by atoms with van der Waals surface area (Å²) in [5, 5.41) is 10.5. The third-order valence-corrected chi connectivity index (χ3v) is 2.75. The molecule has 3 nitrogen and oxygen atoms in total. The van der Waals surface area contributed by atoms with E-state index in [0.29, 0.717) is 31.1 Å². The summed E-state index contributed by atoms with van der Waals surface area (Å²) >= 11 is 5.87. The summed E-state index contributed by atoms with van der Waals surface area (Å²) in [6.07, 6.45) is 0.367. The average Bonchev–Trinajstić information content (AvgIpc) is 2.70. The number of aliphatic hydroxyl groups is 1. The first-order chi connectivity index (χ1) is 7.74. The van der Waals surface area contributed by atoms with Gasteiger partial charge in [-0.1, -0.05) is 23.7 Å². The van der Waals surface area contributed by atoms with Crippen molar-refractivity contribution in [3.63, 3.8) is 0 Å². The maximum atomic E-state index is 9.85. The van der Waals surface area contributed by atoms with Crippen molar-refractivity contribution in [1.82, 2.24) is 0 Å². The van der Waals surface area contributed by atoms with Gasteiger partial charge in [0.15, 0.2) is 6.29 Å². The van der Waals surface area contributed by atoms with E-state index in [4.69, 9.17) is 21.1 Å². The molecule has 1 aliphatic rings. The van der Waals surface area contributed by atoms with Crippen LogP contribution < -0.4 is 0 Å². The Bertz CT molecular complexity index is 337. The second kappa shape index (κ2) is 5.64. The predicted molar refractivity (Wildman–Crippen MR) is 61.5 cm³/mol. The van der Waals surface area contributed by atoms with Gasteiger partial charge < -0.3 is 14.6 Å². The van der Waals surface area contributed by atoms with Crippen molar-refractivity contribution in [3.8, 4) is 0 Å². The molecule has 1 heterocycles. The first kappa shape index (κ1) is 11.9. The Kier molecular flexibility index (Phi) is 4.18. The number of halogens is 1. The lowest BCUT2D eigenvalue weighted by molar-refractivity contribution is -0.0698. The Morgan fingerprint density at radius 1 is 1.38 bits per heavy atom. The van der Waals surface area contributed by atoms with Crippen molar-refractivity contribution in [2.45, 2.75) is 25.2 Å². The van der Waals surface area contributed by atoms with E-state index >= 15 is 0 Å². The molecule has 1 unspecified atom stereocenters. The molecular weight excluding hydrogens is 228 g/mol. The standard InChI is InChI=1S/C12H15ClO3/c13-10-3-1-2-9(6-10)7-11(14)8-12-15-4-5-16-12/h1-3,6,11-12,14H,4-5,7-8H2. The van der Waals surface area contributed by atoms with Crippen LogP contribution in [-0.2, 0) is 15.9 Å². The zero-order valence-corrected chi connectivity index (χ0v) is 9.69. The summed E-state index contributed by atoms with van der Waals surface area (Å²) in [4.78, 5) is 0. The summed E-state index contributed by atoms with van der Waals surface area (Å²) in [6.45, 7) is 1.24. The maximum absolute atomic E-state index is 9.85. The van der Waals surface area contributed by atoms with E-state index in [1.165, 1.54) is 0 Å². The highest BCUT2D eigenvalue weighted by Gasteiger charge is 2.20. The third kappa shape index (κ3) is 3.46. The molecule has 0 saturated carbocycles. The van der Waals surface area contributed by atoms with Crippen molar-refractivity contribution in [2.75, 3.05) is 13.2 Å². The molecule has 1 aromatic carbocycles. The van der Waals surface area contributed by atoms with Gasteiger partial charge in [0.2, 0.25) is 0 Å². The molecule has 1 saturated heterocycles. The zero-order chi connectivity index (χ0) is 11.4. The molecule has 0 aliphatic carbocycles. The highest BCUT2D eigenvalue weighted by Crippen LogP contribution is 2.16. The summed E-state index contributed by atoms with van der Waals surface area (Å²) in [7, 11) is 0. The largest absolute Gasteiger partial charge is 0.393 e. The minimum absolute atomic E-state index is 0.255. The topological polar surface area (TPSA) is 38.7 Å². The molecule has 88 valence electrons.